The molecule has 0 aliphatic heterocycles. The van der Waals surface area contributed by atoms with E-state index in [1.807, 2.05) is 70.7 Å². The van der Waals surface area contributed by atoms with Crippen LogP contribution in [0.2, 0.25) is 0 Å². The first kappa shape index (κ1) is 32.7. The second-order valence-electron chi connectivity index (χ2n) is 10.1. The van der Waals surface area contributed by atoms with E-state index in [2.05, 4.69) is 182 Å². The third-order valence-electron chi connectivity index (χ3n) is 7.51. The molecule has 0 N–H and O–H groups in total. The molecule has 0 spiro atoms. The maximum atomic E-state index is 2.25. The minimum atomic E-state index is -0.336. The lowest BCUT2D eigenvalue weighted by atomic mass is 9.84. The van der Waals surface area contributed by atoms with Crippen molar-refractivity contribution in [1.82, 2.24) is 0 Å². The maximum absolute atomic E-state index is 2.25. The summed E-state index contributed by atoms with van der Waals surface area (Å²) < 4.78 is -0.671. The number of hydrogen-bond donors (Lipinski definition) is 0. The Bertz CT molecular complexity index is 1380. The molecule has 0 unspecified atom stereocenters. The van der Waals surface area contributed by atoms with Crippen LogP contribution in [0.15, 0.2) is 182 Å². The molecule has 0 atom stereocenters. The minimum Gasteiger partial charge on any atom is -0.0622 e. The molecule has 0 amide bonds. The smallest absolute Gasteiger partial charge is 0.0622 e. The molecular weight excluding hydrogens is 681 g/mol. The summed E-state index contributed by atoms with van der Waals surface area (Å²) in [6.45, 7) is 0. The first-order valence-electron chi connectivity index (χ1n) is 14.4. The molecule has 0 fully saturated rings. The number of benzene rings is 6. The lowest BCUT2D eigenvalue weighted by Gasteiger charge is -2.34. The van der Waals surface area contributed by atoms with Gasteiger partial charge in [0.05, 0.1) is 0 Å². The zero-order chi connectivity index (χ0) is 30.6. The van der Waals surface area contributed by atoms with E-state index in [9.17, 15) is 0 Å². The molecule has 0 aliphatic carbocycles. The predicted molar refractivity (Wildman–Crippen MR) is 212 cm³/mol. The summed E-state index contributed by atoms with van der Waals surface area (Å²) in [7, 11) is 13.0. The fourth-order valence-electron chi connectivity index (χ4n) is 5.49. The normalized spacial score (nSPS) is 11.7. The SMILES string of the molecule is c1ccc(C(SSSSSSSC(c2ccccc2)(c2ccccc2)c2ccccc2)(c2ccccc2)c2ccccc2)cc1. The molecule has 45 heavy (non-hydrogen) atoms. The lowest BCUT2D eigenvalue weighted by Crippen LogP contribution is -2.24. The molecule has 224 valence electrons. The van der Waals surface area contributed by atoms with E-state index < -0.39 is 0 Å². The summed E-state index contributed by atoms with van der Waals surface area (Å²) in [5, 5.41) is 0. The van der Waals surface area contributed by atoms with Crippen LogP contribution >= 0.6 is 70.7 Å². The molecular formula is C38H30S7. The topological polar surface area (TPSA) is 0 Å². The molecule has 6 aromatic carbocycles. The molecule has 0 aliphatic rings. The Morgan fingerprint density at radius 2 is 0.400 bits per heavy atom. The van der Waals surface area contributed by atoms with Crippen molar-refractivity contribution < 1.29 is 0 Å². The monoisotopic (exact) mass is 710 g/mol. The molecule has 0 bridgehead atoms. The molecule has 0 aromatic heterocycles. The molecule has 0 saturated heterocycles. The van der Waals surface area contributed by atoms with Gasteiger partial charge in [0.2, 0.25) is 0 Å². The minimum absolute atomic E-state index is 0.336. The van der Waals surface area contributed by atoms with Gasteiger partial charge in [-0.3, -0.25) is 0 Å². The zero-order valence-corrected chi connectivity index (χ0v) is 29.9. The van der Waals surface area contributed by atoms with Crippen LogP contribution < -0.4 is 0 Å². The van der Waals surface area contributed by atoms with E-state index in [0.717, 1.165) is 0 Å². The van der Waals surface area contributed by atoms with Gasteiger partial charge < -0.3 is 0 Å². The third kappa shape index (κ3) is 7.51. The quantitative estimate of drug-likeness (QED) is 0.0619. The Morgan fingerprint density at radius 3 is 0.600 bits per heavy atom. The summed E-state index contributed by atoms with van der Waals surface area (Å²) in [4.78, 5) is 0. The highest BCUT2D eigenvalue weighted by Gasteiger charge is 2.39. The van der Waals surface area contributed by atoms with Crippen molar-refractivity contribution >= 4 is 70.7 Å². The van der Waals surface area contributed by atoms with Gasteiger partial charge in [0.15, 0.2) is 0 Å². The van der Waals surface area contributed by atoms with Crippen molar-refractivity contribution in [3.63, 3.8) is 0 Å². The van der Waals surface area contributed by atoms with Gasteiger partial charge in [0, 0.05) is 0 Å². The lowest BCUT2D eigenvalue weighted by molar-refractivity contribution is 0.903. The van der Waals surface area contributed by atoms with Crippen molar-refractivity contribution in [2.24, 2.45) is 0 Å². The summed E-state index contributed by atoms with van der Waals surface area (Å²) in [5.74, 6) is 0. The van der Waals surface area contributed by atoms with Crippen molar-refractivity contribution in [3.8, 4) is 0 Å². The van der Waals surface area contributed by atoms with E-state index >= 15 is 0 Å². The Kier molecular flexibility index (Phi) is 12.0. The first-order valence-corrected chi connectivity index (χ1v) is 23.2. The number of rotatable bonds is 14. The van der Waals surface area contributed by atoms with Crippen molar-refractivity contribution in [3.05, 3.63) is 215 Å². The van der Waals surface area contributed by atoms with E-state index in [4.69, 9.17) is 0 Å². The van der Waals surface area contributed by atoms with Crippen LogP contribution in [0.5, 0.6) is 0 Å². The van der Waals surface area contributed by atoms with Gasteiger partial charge in [-0.25, -0.2) is 0 Å². The van der Waals surface area contributed by atoms with Gasteiger partial charge in [0.1, 0.15) is 9.49 Å². The highest BCUT2D eigenvalue weighted by Crippen LogP contribution is 2.64. The first-order chi connectivity index (χ1) is 22.3. The average Bonchev–Trinajstić information content (AvgIpc) is 3.13. The molecule has 6 rings (SSSR count). The van der Waals surface area contributed by atoms with Crippen LogP contribution in [0.3, 0.4) is 0 Å². The molecule has 0 heterocycles. The van der Waals surface area contributed by atoms with Crippen molar-refractivity contribution in [1.29, 1.82) is 0 Å². The highest BCUT2D eigenvalue weighted by molar-refractivity contribution is 9.46. The molecule has 7 heteroatoms. The van der Waals surface area contributed by atoms with Crippen LogP contribution in [-0.4, -0.2) is 0 Å². The maximum Gasteiger partial charge on any atom is 0.102 e. The number of hydrogen-bond acceptors (Lipinski definition) is 7. The fraction of sp³-hybridized carbons (Fsp3) is 0.0526. The average molecular weight is 711 g/mol. The van der Waals surface area contributed by atoms with Gasteiger partial charge in [-0.15, -0.1) is 0 Å². The molecule has 0 nitrogen and oxygen atoms in total. The summed E-state index contributed by atoms with van der Waals surface area (Å²) in [6.07, 6.45) is 0. The van der Waals surface area contributed by atoms with E-state index in [-0.39, 0.29) is 9.49 Å². The summed E-state index contributed by atoms with van der Waals surface area (Å²) >= 11 is 0. The second-order valence-corrected chi connectivity index (χ2v) is 21.5. The van der Waals surface area contributed by atoms with Crippen LogP contribution in [0, 0.1) is 0 Å². The fourth-order valence-corrected chi connectivity index (χ4v) is 21.7. The predicted octanol–water partition coefficient (Wildman–Crippen LogP) is 13.6. The van der Waals surface area contributed by atoms with Crippen molar-refractivity contribution in [2.45, 2.75) is 9.49 Å². The standard InChI is InChI=1S/C38H30S7/c1-7-19-31(20-8-1)37(32-21-9-2-10-22-32,33-23-11-3-12-24-33)39-41-43-45-44-42-40-38(34-25-13-4-14-26-34,35-27-15-5-16-28-35)36-29-17-6-18-30-36/h1-30H. The molecule has 0 radical (unpaired) electrons. The van der Waals surface area contributed by atoms with Crippen LogP contribution in [-0.2, 0) is 9.49 Å². The second kappa shape index (κ2) is 16.6. The van der Waals surface area contributed by atoms with Gasteiger partial charge in [-0.05, 0) is 82.5 Å². The highest BCUT2D eigenvalue weighted by atomic mass is 33.9. The summed E-state index contributed by atoms with van der Waals surface area (Å²) in [5.41, 5.74) is 7.67. The van der Waals surface area contributed by atoms with E-state index in [1.54, 1.807) is 0 Å². The van der Waals surface area contributed by atoms with E-state index in [1.165, 1.54) is 33.4 Å². The van der Waals surface area contributed by atoms with Crippen LogP contribution in [0.1, 0.15) is 33.4 Å². The largest absolute Gasteiger partial charge is 0.102 e. The molecule has 0 saturated carbocycles. The van der Waals surface area contributed by atoms with Crippen molar-refractivity contribution in [2.75, 3.05) is 0 Å². The Balaban J connectivity index is 1.19. The Morgan fingerprint density at radius 1 is 0.222 bits per heavy atom. The van der Waals surface area contributed by atoms with Gasteiger partial charge in [-0.1, -0.05) is 204 Å². The third-order valence-corrected chi connectivity index (χ3v) is 21.6. The Labute approximate surface area is 293 Å². The van der Waals surface area contributed by atoms with E-state index in [0.29, 0.717) is 0 Å². The Hall–Kier alpha value is -2.23. The molecule has 6 aromatic rings. The van der Waals surface area contributed by atoms with Crippen LogP contribution in [0.4, 0.5) is 0 Å². The van der Waals surface area contributed by atoms with Gasteiger partial charge in [-0.2, -0.15) is 0 Å². The summed E-state index contributed by atoms with van der Waals surface area (Å²) in [6, 6.07) is 65.3. The van der Waals surface area contributed by atoms with Crippen LogP contribution in [0.25, 0.3) is 0 Å². The zero-order valence-electron chi connectivity index (χ0n) is 24.2. The van der Waals surface area contributed by atoms with Gasteiger partial charge >= 0.3 is 0 Å². The van der Waals surface area contributed by atoms with Gasteiger partial charge in [0.25, 0.3) is 0 Å².